The molecule has 0 aliphatic rings. The van der Waals surface area contributed by atoms with Gasteiger partial charge in [0.15, 0.2) is 0 Å². The van der Waals surface area contributed by atoms with Crippen molar-refractivity contribution >= 4 is 48.3 Å². The molecule has 0 rings (SSSR count). The van der Waals surface area contributed by atoms with Crippen molar-refractivity contribution in [2.45, 2.75) is 112 Å². The Labute approximate surface area is 323 Å². The number of ketones is 3. The number of hydrogen-bond donors (Lipinski definition) is 5. The van der Waals surface area contributed by atoms with E-state index in [0.717, 1.165) is 6.29 Å². The molecule has 0 spiro atoms. The fourth-order valence-electron chi connectivity index (χ4n) is 3.88. The normalized spacial score (nSPS) is 11.3. The summed E-state index contributed by atoms with van der Waals surface area (Å²) in [4.78, 5) is 87.9. The van der Waals surface area contributed by atoms with Crippen LogP contribution >= 0.6 is 0 Å². The maximum absolute atomic E-state index is 11.9. The van der Waals surface area contributed by atoms with Crippen LogP contribution in [0.3, 0.4) is 0 Å². The zero-order valence-corrected chi connectivity index (χ0v) is 34.6. The standard InChI is InChI=1S/C28H52N4O8.C7H12O2.C2H6.CH3NO/c1-22(2)24(34)8-9-26(36)30-12-6-7-15-38-18-28(32-21-33,19-39-16-10-25(35)23(3)4)20-40-17-11-27(37)31-14-13-29-5;1-6(2)7(9)4-3-5-8;1-2;2-1-3/h21-23,29H,6-20H2,1-5H3,(H,30,36)(H,31,37)(H,32,33);5-6H,3-4H2,1-2H3;1-2H3;1H,(H2,2,3). The molecule has 0 aliphatic carbocycles. The zero-order chi connectivity index (χ0) is 42.2. The fraction of sp³-hybridized carbons (Fsp3) is 0.789. The molecule has 6 N–H and O–H groups in total. The summed E-state index contributed by atoms with van der Waals surface area (Å²) in [5.41, 5.74) is 3.17. The molecular formula is C38H73N5O11. The first-order chi connectivity index (χ1) is 25.7. The molecule has 0 saturated carbocycles. The van der Waals surface area contributed by atoms with Crippen molar-refractivity contribution < 1.29 is 52.6 Å². The SMILES string of the molecule is CC.CC(C)C(=O)CCC=O.CNCCNC(=O)CCOCC(COCCCCNC(=O)CCC(=O)C(C)C)(COCCC(=O)C(C)C)NC=O.NC=O. The summed E-state index contributed by atoms with van der Waals surface area (Å²) in [6.45, 7) is 17.6. The van der Waals surface area contributed by atoms with Gasteiger partial charge in [-0.2, -0.15) is 0 Å². The summed E-state index contributed by atoms with van der Waals surface area (Å²) in [5, 5.41) is 11.3. The number of aldehydes is 1. The van der Waals surface area contributed by atoms with E-state index in [4.69, 9.17) is 19.0 Å². The average Bonchev–Trinajstić information content (AvgIpc) is 3.14. The summed E-state index contributed by atoms with van der Waals surface area (Å²) in [6.07, 6.45) is 4.58. The van der Waals surface area contributed by atoms with Gasteiger partial charge in [0.1, 0.15) is 29.2 Å². The second kappa shape index (κ2) is 40.6. The quantitative estimate of drug-likeness (QED) is 0.0503. The number of ether oxygens (including phenoxy) is 3. The molecule has 0 saturated heterocycles. The van der Waals surface area contributed by atoms with Gasteiger partial charge in [-0.05, 0) is 19.9 Å². The van der Waals surface area contributed by atoms with Gasteiger partial charge in [-0.1, -0.05) is 55.4 Å². The molecule has 0 radical (unpaired) electrons. The highest BCUT2D eigenvalue weighted by Gasteiger charge is 2.31. The van der Waals surface area contributed by atoms with Crippen LogP contribution in [-0.2, 0) is 52.6 Å². The molecule has 4 amide bonds. The van der Waals surface area contributed by atoms with Crippen molar-refractivity contribution in [3.05, 3.63) is 0 Å². The number of rotatable bonds is 31. The first-order valence-corrected chi connectivity index (χ1v) is 19.0. The van der Waals surface area contributed by atoms with E-state index >= 15 is 0 Å². The summed E-state index contributed by atoms with van der Waals surface area (Å²) in [5.74, 6) is -0.0381. The number of carbonyl (C=O) groups excluding carboxylic acids is 8. The largest absolute Gasteiger partial charge is 0.379 e. The number of amides is 4. The molecule has 0 aromatic rings. The molecule has 0 heterocycles. The van der Waals surface area contributed by atoms with E-state index in [-0.39, 0.29) is 112 Å². The van der Waals surface area contributed by atoms with Gasteiger partial charge < -0.3 is 46.0 Å². The first-order valence-electron chi connectivity index (χ1n) is 19.0. The van der Waals surface area contributed by atoms with Crippen molar-refractivity contribution in [2.24, 2.45) is 23.5 Å². The lowest BCUT2D eigenvalue weighted by Gasteiger charge is -2.32. The van der Waals surface area contributed by atoms with Crippen molar-refractivity contribution in [3.8, 4) is 0 Å². The number of hydrogen-bond acceptors (Lipinski definition) is 12. The number of nitrogens with one attached hydrogen (secondary N) is 4. The van der Waals surface area contributed by atoms with E-state index < -0.39 is 5.54 Å². The van der Waals surface area contributed by atoms with E-state index in [9.17, 15) is 33.6 Å². The van der Waals surface area contributed by atoms with Crippen LogP contribution in [0.4, 0.5) is 0 Å². The molecule has 316 valence electrons. The van der Waals surface area contributed by atoms with E-state index in [1.807, 2.05) is 55.4 Å². The summed E-state index contributed by atoms with van der Waals surface area (Å²) < 4.78 is 17.3. The predicted octanol–water partition coefficient (Wildman–Crippen LogP) is 2.08. The summed E-state index contributed by atoms with van der Waals surface area (Å²) in [6, 6.07) is 0. The number of primary amides is 1. The molecule has 16 nitrogen and oxygen atoms in total. The molecule has 16 heteroatoms. The number of likely N-dealkylation sites (N-methyl/N-ethyl adjacent to an activating group) is 1. The maximum atomic E-state index is 11.9. The third-order valence-electron chi connectivity index (χ3n) is 7.24. The van der Waals surface area contributed by atoms with Gasteiger partial charge in [0, 0.05) is 82.5 Å². The van der Waals surface area contributed by atoms with Gasteiger partial charge in [-0.3, -0.25) is 33.6 Å². The van der Waals surface area contributed by atoms with Crippen molar-refractivity contribution in [1.29, 1.82) is 0 Å². The molecule has 0 fully saturated rings. The van der Waals surface area contributed by atoms with Gasteiger partial charge in [0.25, 0.3) is 0 Å². The van der Waals surface area contributed by atoms with Crippen LogP contribution in [0.5, 0.6) is 0 Å². The molecule has 0 bridgehead atoms. The smallest absolute Gasteiger partial charge is 0.222 e. The number of nitrogens with two attached hydrogens (primary N) is 1. The second-order valence-corrected chi connectivity index (χ2v) is 12.9. The third-order valence-corrected chi connectivity index (χ3v) is 7.24. The highest BCUT2D eigenvalue weighted by Crippen LogP contribution is 2.10. The average molecular weight is 776 g/mol. The van der Waals surface area contributed by atoms with Crippen LogP contribution in [0.25, 0.3) is 0 Å². The number of unbranched alkanes of at least 4 members (excludes halogenated alkanes) is 1. The molecule has 0 aliphatic heterocycles. The van der Waals surface area contributed by atoms with Gasteiger partial charge in [-0.15, -0.1) is 0 Å². The zero-order valence-electron chi connectivity index (χ0n) is 34.6. The Balaban J connectivity index is -0.000000755. The number of carbonyl (C=O) groups is 8. The summed E-state index contributed by atoms with van der Waals surface area (Å²) in [7, 11) is 1.80. The minimum absolute atomic E-state index is 0.0544. The van der Waals surface area contributed by atoms with Crippen LogP contribution in [0.2, 0.25) is 0 Å². The Bertz CT molecular complexity index is 1010. The predicted molar refractivity (Wildman–Crippen MR) is 208 cm³/mol. The van der Waals surface area contributed by atoms with Crippen molar-refractivity contribution in [2.75, 3.05) is 66.3 Å². The first kappa shape index (κ1) is 57.1. The highest BCUT2D eigenvalue weighted by molar-refractivity contribution is 5.86. The number of Topliss-reactive ketones (excluding diaryl/α,β-unsaturated/α-hetero) is 3. The lowest BCUT2D eigenvalue weighted by atomic mass is 10.0. The van der Waals surface area contributed by atoms with Gasteiger partial charge >= 0.3 is 0 Å². The van der Waals surface area contributed by atoms with Crippen molar-refractivity contribution in [1.82, 2.24) is 21.3 Å². The molecule has 54 heavy (non-hydrogen) atoms. The molecule has 1 unspecified atom stereocenters. The Kier molecular flexibility index (Phi) is 42.9. The van der Waals surface area contributed by atoms with Gasteiger partial charge in [0.2, 0.25) is 24.6 Å². The minimum Gasteiger partial charge on any atom is -0.379 e. The molecule has 0 aromatic carbocycles. The Morgan fingerprint density at radius 3 is 1.54 bits per heavy atom. The minimum atomic E-state index is -0.998. The topological polar surface area (TPSA) is 238 Å². The third kappa shape index (κ3) is 38.1. The van der Waals surface area contributed by atoms with Crippen LogP contribution in [-0.4, -0.2) is 120 Å². The van der Waals surface area contributed by atoms with E-state index in [1.165, 1.54) is 0 Å². The van der Waals surface area contributed by atoms with Crippen molar-refractivity contribution in [3.63, 3.8) is 0 Å². The highest BCUT2D eigenvalue weighted by atomic mass is 16.5. The van der Waals surface area contributed by atoms with Gasteiger partial charge in [0.05, 0.1) is 33.0 Å². The van der Waals surface area contributed by atoms with E-state index in [1.54, 1.807) is 7.05 Å². The van der Waals surface area contributed by atoms with Crippen LogP contribution in [0.15, 0.2) is 0 Å². The van der Waals surface area contributed by atoms with Gasteiger partial charge in [-0.25, -0.2) is 0 Å². The fourth-order valence-corrected chi connectivity index (χ4v) is 3.88. The molecular weight excluding hydrogens is 702 g/mol. The van der Waals surface area contributed by atoms with E-state index in [0.29, 0.717) is 58.3 Å². The van der Waals surface area contributed by atoms with Crippen LogP contribution in [0, 0.1) is 17.8 Å². The maximum Gasteiger partial charge on any atom is 0.222 e. The Morgan fingerprint density at radius 1 is 0.611 bits per heavy atom. The monoisotopic (exact) mass is 776 g/mol. The van der Waals surface area contributed by atoms with E-state index in [2.05, 4.69) is 27.0 Å². The van der Waals surface area contributed by atoms with Crippen LogP contribution < -0.4 is 27.0 Å². The lowest BCUT2D eigenvalue weighted by Crippen LogP contribution is -2.56. The Morgan fingerprint density at radius 2 is 1.06 bits per heavy atom. The summed E-state index contributed by atoms with van der Waals surface area (Å²) >= 11 is 0. The Hall–Kier alpha value is -3.60. The second-order valence-electron chi connectivity index (χ2n) is 12.9. The van der Waals surface area contributed by atoms with Crippen LogP contribution in [0.1, 0.15) is 107 Å². The lowest BCUT2D eigenvalue weighted by molar-refractivity contribution is -0.126. The molecule has 1 atom stereocenters. The molecule has 0 aromatic heterocycles.